The van der Waals surface area contributed by atoms with Crippen molar-refractivity contribution in [1.29, 1.82) is 0 Å². The van der Waals surface area contributed by atoms with Gasteiger partial charge in [-0.3, -0.25) is 0 Å². The second-order valence-electron chi connectivity index (χ2n) is 5.83. The lowest BCUT2D eigenvalue weighted by atomic mass is 10.3. The quantitative estimate of drug-likeness (QED) is 0.628. The Balaban J connectivity index is 2.21. The summed E-state index contributed by atoms with van der Waals surface area (Å²) in [5.41, 5.74) is 3.76. The molecule has 1 aromatic heterocycles. The second kappa shape index (κ2) is 6.42. The highest BCUT2D eigenvalue weighted by atomic mass is 32.2. The minimum Gasteiger partial charge on any atom is -0.220 e. The van der Waals surface area contributed by atoms with E-state index in [0.29, 0.717) is 5.69 Å². The summed E-state index contributed by atoms with van der Waals surface area (Å²) in [4.78, 5) is 0. The average molecular weight is 334 g/mol. The molecular formula is C14H18N4O2SSi. The third-order valence-corrected chi connectivity index (χ3v) is 5.16. The molecule has 0 N–H and O–H groups in total. The molecule has 0 atom stereocenters. The van der Waals surface area contributed by atoms with Crippen molar-refractivity contribution in [3.05, 3.63) is 30.3 Å². The Morgan fingerprint density at radius 2 is 1.86 bits per heavy atom. The molecule has 0 unspecified atom stereocenters. The maximum atomic E-state index is 12.4. The van der Waals surface area contributed by atoms with Crippen molar-refractivity contribution in [3.63, 3.8) is 0 Å². The highest BCUT2D eigenvalue weighted by Gasteiger charge is 2.23. The van der Waals surface area contributed by atoms with E-state index in [1.165, 1.54) is 4.68 Å². The van der Waals surface area contributed by atoms with E-state index in [-0.39, 0.29) is 17.3 Å². The summed E-state index contributed by atoms with van der Waals surface area (Å²) in [6.45, 7) is 6.35. The first-order valence-electron chi connectivity index (χ1n) is 6.86. The van der Waals surface area contributed by atoms with Gasteiger partial charge in [0.25, 0.3) is 5.16 Å². The Bertz CT molecular complexity index is 799. The van der Waals surface area contributed by atoms with Crippen LogP contribution in [-0.2, 0) is 9.84 Å². The van der Waals surface area contributed by atoms with Gasteiger partial charge in [0, 0.05) is 6.42 Å². The summed E-state index contributed by atoms with van der Waals surface area (Å²) in [6.07, 6.45) is 0.286. The van der Waals surface area contributed by atoms with Gasteiger partial charge in [0.15, 0.2) is 0 Å². The summed E-state index contributed by atoms with van der Waals surface area (Å²) >= 11 is 0. The highest BCUT2D eigenvalue weighted by molar-refractivity contribution is 7.91. The Kier molecular flexibility index (Phi) is 4.78. The first kappa shape index (κ1) is 16.4. The fourth-order valence-electron chi connectivity index (χ4n) is 1.71. The van der Waals surface area contributed by atoms with Crippen molar-refractivity contribution in [2.45, 2.75) is 31.2 Å². The van der Waals surface area contributed by atoms with E-state index in [4.69, 9.17) is 0 Å². The molecule has 116 valence electrons. The minimum atomic E-state index is -3.57. The molecule has 2 rings (SSSR count). The number of hydrogen-bond acceptors (Lipinski definition) is 5. The minimum absolute atomic E-state index is 0.0856. The SMILES string of the molecule is C[Si](C)(C)C#CCCS(=O)(=O)c1nnnn1-c1ccccc1. The molecule has 0 aliphatic rings. The lowest BCUT2D eigenvalue weighted by molar-refractivity contribution is 0.580. The molecule has 6 nitrogen and oxygen atoms in total. The van der Waals surface area contributed by atoms with Gasteiger partial charge in [0.05, 0.1) is 11.4 Å². The molecule has 0 amide bonds. The Morgan fingerprint density at radius 1 is 1.18 bits per heavy atom. The zero-order valence-corrected chi connectivity index (χ0v) is 14.6. The zero-order valence-electron chi connectivity index (χ0n) is 12.8. The maximum Gasteiger partial charge on any atom is 0.272 e. The van der Waals surface area contributed by atoms with Crippen LogP contribution in [0, 0.1) is 11.5 Å². The van der Waals surface area contributed by atoms with Gasteiger partial charge in [0.1, 0.15) is 8.07 Å². The number of aromatic nitrogens is 4. The topological polar surface area (TPSA) is 77.7 Å². The van der Waals surface area contributed by atoms with Crippen molar-refractivity contribution < 1.29 is 8.42 Å². The summed E-state index contributed by atoms with van der Waals surface area (Å²) in [7, 11) is -5.06. The average Bonchev–Trinajstić information content (AvgIpc) is 2.94. The molecule has 1 heterocycles. The van der Waals surface area contributed by atoms with Crippen LogP contribution in [0.15, 0.2) is 35.5 Å². The predicted octanol–water partition coefficient (Wildman–Crippen LogP) is 1.71. The number of benzene rings is 1. The third kappa shape index (κ3) is 4.25. The molecule has 0 saturated heterocycles. The van der Waals surface area contributed by atoms with Crippen LogP contribution in [-0.4, -0.2) is 42.5 Å². The standard InChI is InChI=1S/C14H18N4O2SSi/c1-22(2,3)12-8-7-11-21(19,20)14-15-16-17-18(14)13-9-5-4-6-10-13/h4-6,9-10H,7,11H2,1-3H3. The van der Waals surface area contributed by atoms with E-state index >= 15 is 0 Å². The summed E-state index contributed by atoms with van der Waals surface area (Å²) in [5, 5.41) is 10.8. The van der Waals surface area contributed by atoms with Crippen LogP contribution >= 0.6 is 0 Å². The number of sulfone groups is 1. The van der Waals surface area contributed by atoms with E-state index in [2.05, 4.69) is 46.6 Å². The molecule has 0 radical (unpaired) electrons. The number of para-hydroxylation sites is 1. The third-order valence-electron chi connectivity index (χ3n) is 2.68. The molecular weight excluding hydrogens is 316 g/mol. The van der Waals surface area contributed by atoms with E-state index in [1.807, 2.05) is 6.07 Å². The van der Waals surface area contributed by atoms with Crippen LogP contribution in [0.2, 0.25) is 19.6 Å². The molecule has 0 aliphatic heterocycles. The summed E-state index contributed by atoms with van der Waals surface area (Å²) < 4.78 is 26.0. The van der Waals surface area contributed by atoms with Gasteiger partial charge in [-0.25, -0.2) is 8.42 Å². The normalized spacial score (nSPS) is 11.8. The fourth-order valence-corrected chi connectivity index (χ4v) is 3.48. The number of nitrogens with zero attached hydrogens (tertiary/aromatic N) is 4. The van der Waals surface area contributed by atoms with Gasteiger partial charge in [-0.1, -0.05) is 42.9 Å². The largest absolute Gasteiger partial charge is 0.272 e. The van der Waals surface area contributed by atoms with Crippen LogP contribution in [0.3, 0.4) is 0 Å². The molecule has 0 saturated carbocycles. The van der Waals surface area contributed by atoms with Crippen LogP contribution in [0.1, 0.15) is 6.42 Å². The molecule has 0 fully saturated rings. The van der Waals surface area contributed by atoms with E-state index in [1.54, 1.807) is 24.3 Å². The number of rotatable bonds is 4. The molecule has 2 aromatic rings. The zero-order chi connectivity index (χ0) is 16.2. The van der Waals surface area contributed by atoms with E-state index < -0.39 is 17.9 Å². The first-order valence-corrected chi connectivity index (χ1v) is 12.0. The smallest absolute Gasteiger partial charge is 0.220 e. The molecule has 1 aromatic carbocycles. The predicted molar refractivity (Wildman–Crippen MR) is 86.9 cm³/mol. The van der Waals surface area contributed by atoms with Gasteiger partial charge >= 0.3 is 0 Å². The van der Waals surface area contributed by atoms with Crippen molar-refractivity contribution in [1.82, 2.24) is 20.2 Å². The Labute approximate surface area is 131 Å². The van der Waals surface area contributed by atoms with E-state index in [0.717, 1.165) is 0 Å². The Morgan fingerprint density at radius 3 is 2.50 bits per heavy atom. The van der Waals surface area contributed by atoms with Crippen LogP contribution in [0.25, 0.3) is 5.69 Å². The van der Waals surface area contributed by atoms with Gasteiger partial charge in [-0.15, -0.1) is 11.5 Å². The Hall–Kier alpha value is -1.98. The molecule has 8 heteroatoms. The van der Waals surface area contributed by atoms with Gasteiger partial charge in [0.2, 0.25) is 9.84 Å². The van der Waals surface area contributed by atoms with Gasteiger partial charge in [-0.05, 0) is 22.6 Å². The highest BCUT2D eigenvalue weighted by Crippen LogP contribution is 2.13. The van der Waals surface area contributed by atoms with E-state index in [9.17, 15) is 8.42 Å². The molecule has 0 spiro atoms. The van der Waals surface area contributed by atoms with Crippen LogP contribution in [0.5, 0.6) is 0 Å². The van der Waals surface area contributed by atoms with Crippen molar-refractivity contribution in [2.24, 2.45) is 0 Å². The first-order chi connectivity index (χ1) is 10.3. The number of tetrazole rings is 1. The lowest BCUT2D eigenvalue weighted by Crippen LogP contribution is -2.17. The fraction of sp³-hybridized carbons (Fsp3) is 0.357. The molecule has 0 aliphatic carbocycles. The maximum absolute atomic E-state index is 12.4. The second-order valence-corrected chi connectivity index (χ2v) is 12.6. The van der Waals surface area contributed by atoms with Gasteiger partial charge in [-0.2, -0.15) is 4.68 Å². The summed E-state index contributed by atoms with van der Waals surface area (Å²) in [6, 6.07) is 8.94. The monoisotopic (exact) mass is 334 g/mol. The number of hydrogen-bond donors (Lipinski definition) is 0. The van der Waals surface area contributed by atoms with Crippen molar-refractivity contribution >= 4 is 17.9 Å². The van der Waals surface area contributed by atoms with Crippen molar-refractivity contribution in [2.75, 3.05) is 5.75 Å². The van der Waals surface area contributed by atoms with Crippen molar-refractivity contribution in [3.8, 4) is 17.2 Å². The molecule has 0 bridgehead atoms. The van der Waals surface area contributed by atoms with Crippen LogP contribution < -0.4 is 0 Å². The molecule has 22 heavy (non-hydrogen) atoms. The summed E-state index contributed by atoms with van der Waals surface area (Å²) in [5.74, 6) is 2.87. The van der Waals surface area contributed by atoms with Crippen LogP contribution in [0.4, 0.5) is 0 Å². The van der Waals surface area contributed by atoms with Gasteiger partial charge < -0.3 is 0 Å². The lowest BCUT2D eigenvalue weighted by Gasteiger charge is -2.05.